The van der Waals surface area contributed by atoms with Crippen LogP contribution in [0, 0.1) is 13.0 Å². The summed E-state index contributed by atoms with van der Waals surface area (Å²) in [5.41, 5.74) is 2.33. The van der Waals surface area contributed by atoms with Gasteiger partial charge < -0.3 is 0 Å². The maximum absolute atomic E-state index is 12.0. The number of hydrogen-bond donors (Lipinski definition) is 1. The van der Waals surface area contributed by atoms with Crippen molar-refractivity contribution in [3.05, 3.63) is 65.7 Å². The van der Waals surface area contributed by atoms with Crippen molar-refractivity contribution in [2.24, 2.45) is 0 Å². The van der Waals surface area contributed by atoms with Crippen LogP contribution in [0.15, 0.2) is 53.4 Å². The lowest BCUT2D eigenvalue weighted by molar-refractivity contribution is 0.581. The predicted molar refractivity (Wildman–Crippen MR) is 75.3 cm³/mol. The molecule has 0 aliphatic carbocycles. The summed E-state index contributed by atoms with van der Waals surface area (Å²) in [6.07, 6.45) is 0.679. The van der Waals surface area contributed by atoms with Gasteiger partial charge in [-0.1, -0.05) is 42.5 Å². The summed E-state index contributed by atoms with van der Waals surface area (Å²) in [5, 5.41) is 0. The predicted octanol–water partition coefficient (Wildman–Crippen LogP) is 2.32. The summed E-state index contributed by atoms with van der Waals surface area (Å²) < 4.78 is 26.5. The molecule has 0 aliphatic rings. The Labute approximate surface area is 114 Å². The molecule has 0 bridgehead atoms. The number of nitrogens with one attached hydrogen (secondary N) is 1. The van der Waals surface area contributed by atoms with Crippen LogP contribution in [0.4, 0.5) is 0 Å². The minimum atomic E-state index is -3.45. The van der Waals surface area contributed by atoms with Gasteiger partial charge in [0.25, 0.3) is 0 Å². The van der Waals surface area contributed by atoms with Crippen molar-refractivity contribution in [1.29, 1.82) is 0 Å². The fourth-order valence-corrected chi connectivity index (χ4v) is 2.84. The number of rotatable bonds is 5. The van der Waals surface area contributed by atoms with E-state index in [1.807, 2.05) is 31.2 Å². The molecule has 19 heavy (non-hydrogen) atoms. The van der Waals surface area contributed by atoms with E-state index in [9.17, 15) is 8.42 Å². The van der Waals surface area contributed by atoms with Crippen LogP contribution in [0.2, 0.25) is 0 Å². The highest BCUT2D eigenvalue weighted by Crippen LogP contribution is 2.09. The van der Waals surface area contributed by atoms with E-state index in [1.54, 1.807) is 18.2 Å². The minimum absolute atomic E-state index is 0.180. The SMILES string of the molecule is Cc1ccccc1CCNS(=O)(=O)c1[c]cccc1. The third-order valence-corrected chi connectivity index (χ3v) is 4.33. The molecule has 0 amide bonds. The standard InChI is InChI=1S/C15H16NO2S/c1-13-7-5-6-8-14(13)11-12-16-19(17,18)15-9-3-2-4-10-15/h2-9,16H,11-12H2,1H3. The first kappa shape index (κ1) is 13.8. The average Bonchev–Trinajstić information content (AvgIpc) is 2.42. The molecule has 0 aromatic heterocycles. The molecule has 0 spiro atoms. The first-order valence-electron chi connectivity index (χ1n) is 6.10. The zero-order chi connectivity index (χ0) is 13.7. The van der Waals surface area contributed by atoms with Crippen molar-refractivity contribution in [3.8, 4) is 0 Å². The molecule has 0 aliphatic heterocycles. The summed E-state index contributed by atoms with van der Waals surface area (Å²) in [6.45, 7) is 2.41. The first-order valence-corrected chi connectivity index (χ1v) is 7.59. The van der Waals surface area contributed by atoms with E-state index in [0.29, 0.717) is 13.0 Å². The van der Waals surface area contributed by atoms with Crippen LogP contribution in [0.25, 0.3) is 0 Å². The van der Waals surface area contributed by atoms with Gasteiger partial charge >= 0.3 is 0 Å². The largest absolute Gasteiger partial charge is 0.241 e. The van der Waals surface area contributed by atoms with Crippen molar-refractivity contribution in [3.63, 3.8) is 0 Å². The van der Waals surface area contributed by atoms with Gasteiger partial charge in [0.15, 0.2) is 0 Å². The van der Waals surface area contributed by atoms with Gasteiger partial charge in [-0.05, 0) is 30.5 Å². The van der Waals surface area contributed by atoms with E-state index < -0.39 is 10.0 Å². The molecule has 0 heterocycles. The lowest BCUT2D eigenvalue weighted by Gasteiger charge is -2.08. The van der Waals surface area contributed by atoms with Gasteiger partial charge in [0.2, 0.25) is 10.0 Å². The zero-order valence-corrected chi connectivity index (χ0v) is 11.6. The molecule has 0 saturated carbocycles. The van der Waals surface area contributed by atoms with Crippen molar-refractivity contribution in [2.75, 3.05) is 6.54 Å². The molecule has 0 atom stereocenters. The lowest BCUT2D eigenvalue weighted by atomic mass is 10.1. The van der Waals surface area contributed by atoms with Crippen molar-refractivity contribution < 1.29 is 8.42 Å². The van der Waals surface area contributed by atoms with Gasteiger partial charge in [-0.25, -0.2) is 13.1 Å². The Balaban J connectivity index is 1.98. The third-order valence-electron chi connectivity index (χ3n) is 2.92. The number of sulfonamides is 1. The topological polar surface area (TPSA) is 46.2 Å². The van der Waals surface area contributed by atoms with Gasteiger partial charge in [-0.3, -0.25) is 0 Å². The molecule has 0 unspecified atom stereocenters. The van der Waals surface area contributed by atoms with E-state index in [0.717, 1.165) is 5.56 Å². The lowest BCUT2D eigenvalue weighted by Crippen LogP contribution is -2.26. The van der Waals surface area contributed by atoms with Crippen LogP contribution in [-0.2, 0) is 16.4 Å². The van der Waals surface area contributed by atoms with Gasteiger partial charge in [0.1, 0.15) is 0 Å². The quantitative estimate of drug-likeness (QED) is 0.909. The maximum Gasteiger partial charge on any atom is 0.241 e. The summed E-state index contributed by atoms with van der Waals surface area (Å²) in [7, 11) is -3.45. The molecule has 99 valence electrons. The third kappa shape index (κ3) is 3.66. The molecule has 0 fully saturated rings. The first-order chi connectivity index (χ1) is 9.09. The normalized spacial score (nSPS) is 11.4. The van der Waals surface area contributed by atoms with Gasteiger partial charge in [0.05, 0.1) is 4.90 Å². The van der Waals surface area contributed by atoms with Gasteiger partial charge in [0, 0.05) is 12.6 Å². The summed E-state index contributed by atoms with van der Waals surface area (Å²) in [4.78, 5) is 0.180. The molecule has 1 N–H and O–H groups in total. The van der Waals surface area contributed by atoms with E-state index in [4.69, 9.17) is 0 Å². The highest BCUT2D eigenvalue weighted by molar-refractivity contribution is 7.89. The van der Waals surface area contributed by atoms with Crippen LogP contribution in [0.1, 0.15) is 11.1 Å². The van der Waals surface area contributed by atoms with Gasteiger partial charge in [-0.15, -0.1) is 0 Å². The van der Waals surface area contributed by atoms with E-state index in [2.05, 4.69) is 10.8 Å². The monoisotopic (exact) mass is 274 g/mol. The highest BCUT2D eigenvalue weighted by Gasteiger charge is 2.12. The Hall–Kier alpha value is -1.65. The number of hydrogen-bond acceptors (Lipinski definition) is 2. The second-order valence-corrected chi connectivity index (χ2v) is 6.04. The Bertz CT molecular complexity index is 636. The minimum Gasteiger partial charge on any atom is -0.211 e. The number of benzene rings is 2. The van der Waals surface area contributed by atoms with Crippen LogP contribution in [-0.4, -0.2) is 15.0 Å². The van der Waals surface area contributed by atoms with Crippen LogP contribution >= 0.6 is 0 Å². The van der Waals surface area contributed by atoms with Crippen molar-refractivity contribution in [1.82, 2.24) is 4.72 Å². The molecule has 2 aromatic carbocycles. The molecular formula is C15H16NO2S. The fraction of sp³-hybridized carbons (Fsp3) is 0.200. The van der Waals surface area contributed by atoms with E-state index in [-0.39, 0.29) is 4.90 Å². The number of aryl methyl sites for hydroxylation is 1. The Morgan fingerprint density at radius 2 is 1.84 bits per heavy atom. The molecule has 4 heteroatoms. The van der Waals surface area contributed by atoms with Gasteiger partial charge in [-0.2, -0.15) is 0 Å². The molecule has 1 radical (unpaired) electrons. The maximum atomic E-state index is 12.0. The smallest absolute Gasteiger partial charge is 0.211 e. The average molecular weight is 274 g/mol. The molecule has 2 aromatic rings. The zero-order valence-electron chi connectivity index (χ0n) is 10.8. The molecule has 0 saturated heterocycles. The van der Waals surface area contributed by atoms with Crippen LogP contribution < -0.4 is 4.72 Å². The Morgan fingerprint density at radius 1 is 1.11 bits per heavy atom. The summed E-state index contributed by atoms with van der Waals surface area (Å²) in [5.74, 6) is 0. The fourth-order valence-electron chi connectivity index (χ4n) is 1.83. The second-order valence-electron chi connectivity index (χ2n) is 4.30. The Morgan fingerprint density at radius 3 is 2.53 bits per heavy atom. The van der Waals surface area contributed by atoms with E-state index in [1.165, 1.54) is 11.6 Å². The van der Waals surface area contributed by atoms with Crippen LogP contribution in [0.3, 0.4) is 0 Å². The Kier molecular flexibility index (Phi) is 4.35. The van der Waals surface area contributed by atoms with Crippen molar-refractivity contribution in [2.45, 2.75) is 18.2 Å². The highest BCUT2D eigenvalue weighted by atomic mass is 32.2. The summed E-state index contributed by atoms with van der Waals surface area (Å²) in [6, 6.07) is 17.2. The van der Waals surface area contributed by atoms with Crippen LogP contribution in [0.5, 0.6) is 0 Å². The molecule has 2 rings (SSSR count). The molecular weight excluding hydrogens is 258 g/mol. The van der Waals surface area contributed by atoms with E-state index >= 15 is 0 Å². The second kappa shape index (κ2) is 5.99. The molecule has 3 nitrogen and oxygen atoms in total. The van der Waals surface area contributed by atoms with Crippen molar-refractivity contribution >= 4 is 10.0 Å². The summed E-state index contributed by atoms with van der Waals surface area (Å²) >= 11 is 0.